The smallest absolute Gasteiger partial charge is 0.254 e. The Balaban J connectivity index is 0.00000288. The van der Waals surface area contributed by atoms with E-state index in [1.54, 1.807) is 24.3 Å². The lowest BCUT2D eigenvalue weighted by Crippen LogP contribution is -2.48. The highest BCUT2D eigenvalue weighted by molar-refractivity contribution is 5.96. The molecular formula is C17H26ClN3O3. The Kier molecular flexibility index (Phi) is 8.18. The monoisotopic (exact) mass is 355 g/mol. The molecule has 7 heteroatoms. The van der Waals surface area contributed by atoms with Gasteiger partial charge < -0.3 is 20.7 Å². The summed E-state index contributed by atoms with van der Waals surface area (Å²) < 4.78 is 5.65. The maximum atomic E-state index is 12.5. The molecule has 3 N–H and O–H groups in total. The summed E-state index contributed by atoms with van der Waals surface area (Å²) in [5, 5.41) is 2.80. The maximum Gasteiger partial charge on any atom is 0.254 e. The standard InChI is InChI=1S/C17H25N3O3.ClH/c1-12-10-20(11-13(2)23-12)17(22)14-5-7-15(8-6-14)19-16(21)4-3-9-18;/h5-8,12-13H,3-4,9-11,18H2,1-2H3,(H,19,21);1H. The summed E-state index contributed by atoms with van der Waals surface area (Å²) in [6.07, 6.45) is 1.16. The van der Waals surface area contributed by atoms with Gasteiger partial charge in [0.15, 0.2) is 0 Å². The van der Waals surface area contributed by atoms with Gasteiger partial charge in [0.25, 0.3) is 5.91 Å². The molecule has 0 spiro atoms. The Bertz CT molecular complexity index is 541. The number of nitrogens with two attached hydrogens (primary N) is 1. The zero-order valence-electron chi connectivity index (χ0n) is 14.2. The van der Waals surface area contributed by atoms with Crippen LogP contribution < -0.4 is 11.1 Å². The molecule has 1 heterocycles. The first-order chi connectivity index (χ1) is 11.0. The van der Waals surface area contributed by atoms with Crippen molar-refractivity contribution in [1.82, 2.24) is 4.90 Å². The van der Waals surface area contributed by atoms with Crippen LogP contribution in [0.1, 0.15) is 37.0 Å². The van der Waals surface area contributed by atoms with E-state index in [0.717, 1.165) is 0 Å². The first-order valence-electron chi connectivity index (χ1n) is 8.04. The van der Waals surface area contributed by atoms with Crippen molar-refractivity contribution >= 4 is 29.9 Å². The van der Waals surface area contributed by atoms with Crippen LogP contribution in [0.4, 0.5) is 5.69 Å². The number of halogens is 1. The van der Waals surface area contributed by atoms with E-state index in [9.17, 15) is 9.59 Å². The summed E-state index contributed by atoms with van der Waals surface area (Å²) in [7, 11) is 0. The van der Waals surface area contributed by atoms with Crippen LogP contribution in [-0.4, -0.2) is 48.6 Å². The molecule has 2 atom stereocenters. The molecule has 0 bridgehead atoms. The van der Waals surface area contributed by atoms with E-state index < -0.39 is 0 Å². The summed E-state index contributed by atoms with van der Waals surface area (Å²) in [6.45, 7) is 5.63. The van der Waals surface area contributed by atoms with Crippen LogP contribution in [0.25, 0.3) is 0 Å². The number of nitrogens with one attached hydrogen (secondary N) is 1. The van der Waals surface area contributed by atoms with E-state index in [4.69, 9.17) is 10.5 Å². The molecule has 134 valence electrons. The minimum absolute atomic E-state index is 0. The number of carbonyl (C=O) groups is 2. The largest absolute Gasteiger partial charge is 0.372 e. The molecule has 2 unspecified atom stereocenters. The third-order valence-electron chi connectivity index (χ3n) is 3.73. The van der Waals surface area contributed by atoms with Crippen LogP contribution in [0.2, 0.25) is 0 Å². The van der Waals surface area contributed by atoms with Crippen LogP contribution in [0.15, 0.2) is 24.3 Å². The zero-order chi connectivity index (χ0) is 16.8. The molecule has 0 saturated carbocycles. The highest BCUT2D eigenvalue weighted by atomic mass is 35.5. The predicted octanol–water partition coefficient (Wildman–Crippen LogP) is 2.04. The number of amides is 2. The second-order valence-corrected chi connectivity index (χ2v) is 5.99. The van der Waals surface area contributed by atoms with Crippen molar-refractivity contribution in [3.63, 3.8) is 0 Å². The SMILES string of the molecule is CC1CN(C(=O)c2ccc(NC(=O)CCCN)cc2)CC(C)O1.Cl. The first kappa shape index (κ1) is 20.4. The number of hydrogen-bond donors (Lipinski definition) is 2. The topological polar surface area (TPSA) is 84.7 Å². The Labute approximate surface area is 149 Å². The van der Waals surface area contributed by atoms with Crippen molar-refractivity contribution in [3.05, 3.63) is 29.8 Å². The van der Waals surface area contributed by atoms with Crippen molar-refractivity contribution in [2.45, 2.75) is 38.9 Å². The van der Waals surface area contributed by atoms with Crippen molar-refractivity contribution < 1.29 is 14.3 Å². The van der Waals surface area contributed by atoms with Crippen LogP contribution >= 0.6 is 12.4 Å². The first-order valence-corrected chi connectivity index (χ1v) is 8.04. The minimum atomic E-state index is -0.0645. The van der Waals surface area contributed by atoms with E-state index in [1.165, 1.54) is 0 Å². The van der Waals surface area contributed by atoms with Gasteiger partial charge >= 0.3 is 0 Å². The Morgan fingerprint density at radius 3 is 2.33 bits per heavy atom. The van der Waals surface area contributed by atoms with Gasteiger partial charge in [-0.15, -0.1) is 12.4 Å². The van der Waals surface area contributed by atoms with Gasteiger partial charge in [-0.25, -0.2) is 0 Å². The number of ether oxygens (including phenoxy) is 1. The molecule has 1 aliphatic heterocycles. The fraction of sp³-hybridized carbons (Fsp3) is 0.529. The summed E-state index contributed by atoms with van der Waals surface area (Å²) in [4.78, 5) is 26.0. The summed E-state index contributed by atoms with van der Waals surface area (Å²) in [5.41, 5.74) is 6.69. The third-order valence-corrected chi connectivity index (χ3v) is 3.73. The number of rotatable bonds is 5. The fourth-order valence-corrected chi connectivity index (χ4v) is 2.71. The summed E-state index contributed by atoms with van der Waals surface area (Å²) >= 11 is 0. The average Bonchev–Trinajstić information content (AvgIpc) is 2.52. The molecule has 6 nitrogen and oxygen atoms in total. The molecule has 0 aliphatic carbocycles. The molecule has 0 radical (unpaired) electrons. The molecular weight excluding hydrogens is 330 g/mol. The second kappa shape index (κ2) is 9.61. The van der Waals surface area contributed by atoms with Gasteiger partial charge in [0.2, 0.25) is 5.91 Å². The molecule has 1 fully saturated rings. The number of carbonyl (C=O) groups excluding carboxylic acids is 2. The maximum absolute atomic E-state index is 12.5. The van der Waals surface area contributed by atoms with E-state index >= 15 is 0 Å². The van der Waals surface area contributed by atoms with Gasteiger partial charge in [-0.1, -0.05) is 0 Å². The van der Waals surface area contributed by atoms with Crippen LogP contribution in [0.5, 0.6) is 0 Å². The highest BCUT2D eigenvalue weighted by Crippen LogP contribution is 2.16. The number of anilines is 1. The van der Waals surface area contributed by atoms with Crippen LogP contribution in [0, 0.1) is 0 Å². The molecule has 1 aromatic carbocycles. The molecule has 2 rings (SSSR count). The molecule has 0 aromatic heterocycles. The van der Waals surface area contributed by atoms with Gasteiger partial charge in [-0.2, -0.15) is 0 Å². The minimum Gasteiger partial charge on any atom is -0.372 e. The van der Waals surface area contributed by atoms with Gasteiger partial charge in [0, 0.05) is 30.8 Å². The Hall–Kier alpha value is -1.63. The molecule has 1 saturated heterocycles. The van der Waals surface area contributed by atoms with Gasteiger partial charge in [0.05, 0.1) is 12.2 Å². The van der Waals surface area contributed by atoms with Gasteiger partial charge in [-0.3, -0.25) is 9.59 Å². The lowest BCUT2D eigenvalue weighted by Gasteiger charge is -2.35. The molecule has 2 amide bonds. The average molecular weight is 356 g/mol. The lowest BCUT2D eigenvalue weighted by molar-refractivity contribution is -0.116. The van der Waals surface area contributed by atoms with Gasteiger partial charge in [0.1, 0.15) is 0 Å². The van der Waals surface area contributed by atoms with E-state index in [2.05, 4.69) is 5.32 Å². The number of benzene rings is 1. The predicted molar refractivity (Wildman–Crippen MR) is 96.5 cm³/mol. The summed E-state index contributed by atoms with van der Waals surface area (Å²) in [6, 6.07) is 6.99. The van der Waals surface area contributed by atoms with Crippen LogP contribution in [0.3, 0.4) is 0 Å². The normalized spacial score (nSPS) is 20.2. The van der Waals surface area contributed by atoms with Crippen molar-refractivity contribution in [3.8, 4) is 0 Å². The van der Waals surface area contributed by atoms with Gasteiger partial charge in [-0.05, 0) is 51.1 Å². The zero-order valence-corrected chi connectivity index (χ0v) is 15.0. The fourth-order valence-electron chi connectivity index (χ4n) is 2.71. The molecule has 1 aromatic rings. The number of nitrogens with zero attached hydrogens (tertiary/aromatic N) is 1. The number of morpholine rings is 1. The van der Waals surface area contributed by atoms with Crippen LogP contribution in [-0.2, 0) is 9.53 Å². The van der Waals surface area contributed by atoms with E-state index in [-0.39, 0.29) is 36.4 Å². The van der Waals surface area contributed by atoms with E-state index in [0.29, 0.717) is 43.7 Å². The van der Waals surface area contributed by atoms with Crippen molar-refractivity contribution in [1.29, 1.82) is 0 Å². The van der Waals surface area contributed by atoms with Crippen molar-refractivity contribution in [2.75, 3.05) is 25.0 Å². The quantitative estimate of drug-likeness (QED) is 0.846. The lowest BCUT2D eigenvalue weighted by atomic mass is 10.1. The van der Waals surface area contributed by atoms with E-state index in [1.807, 2.05) is 18.7 Å². The molecule has 24 heavy (non-hydrogen) atoms. The van der Waals surface area contributed by atoms with Crippen molar-refractivity contribution in [2.24, 2.45) is 5.73 Å². The third kappa shape index (κ3) is 5.78. The molecule has 1 aliphatic rings. The Morgan fingerprint density at radius 2 is 1.79 bits per heavy atom. The summed E-state index contributed by atoms with van der Waals surface area (Å²) in [5.74, 6) is -0.0710. The second-order valence-electron chi connectivity index (χ2n) is 5.99. The number of hydrogen-bond acceptors (Lipinski definition) is 4. The highest BCUT2D eigenvalue weighted by Gasteiger charge is 2.26. The Morgan fingerprint density at radius 1 is 1.21 bits per heavy atom.